The summed E-state index contributed by atoms with van der Waals surface area (Å²) < 4.78 is 0. The Kier molecular flexibility index (Phi) is 4.26. The quantitative estimate of drug-likeness (QED) is 0.626. The van der Waals surface area contributed by atoms with E-state index in [9.17, 15) is 0 Å². The lowest BCUT2D eigenvalue weighted by molar-refractivity contribution is 0.763. The van der Waals surface area contributed by atoms with Crippen LogP contribution in [0.25, 0.3) is 0 Å². The van der Waals surface area contributed by atoms with Crippen molar-refractivity contribution in [2.24, 2.45) is 0 Å². The van der Waals surface area contributed by atoms with Crippen LogP contribution in [0.4, 0.5) is 11.6 Å². The maximum Gasteiger partial charge on any atom is 0.191 e. The van der Waals surface area contributed by atoms with Crippen molar-refractivity contribution >= 4 is 23.4 Å². The van der Waals surface area contributed by atoms with Gasteiger partial charge in [0.05, 0.1) is 12.5 Å². The molecule has 5 nitrogen and oxygen atoms in total. The third-order valence-corrected chi connectivity index (χ3v) is 3.42. The molecule has 1 aromatic heterocycles. The first-order valence-corrected chi connectivity index (χ1v) is 7.25. The second kappa shape index (κ2) is 5.91. The van der Waals surface area contributed by atoms with E-state index >= 15 is 0 Å². The molecule has 1 N–H and O–H groups in total. The minimum absolute atomic E-state index is 0.532. The van der Waals surface area contributed by atoms with E-state index in [4.69, 9.17) is 5.26 Å². The van der Waals surface area contributed by atoms with Gasteiger partial charge in [-0.2, -0.15) is 5.26 Å². The van der Waals surface area contributed by atoms with E-state index in [-0.39, 0.29) is 0 Å². The molecular formula is C12H17N5S. The lowest BCUT2D eigenvalue weighted by Gasteiger charge is -2.23. The van der Waals surface area contributed by atoms with E-state index in [1.54, 1.807) is 0 Å². The molecule has 0 aliphatic heterocycles. The first-order chi connectivity index (χ1) is 8.78. The summed E-state index contributed by atoms with van der Waals surface area (Å²) in [6.07, 6.45) is 4.89. The molecule has 1 saturated carbocycles. The van der Waals surface area contributed by atoms with Gasteiger partial charge in [-0.15, -0.1) is 0 Å². The number of nitrogens with one attached hydrogen (secondary N) is 1. The van der Waals surface area contributed by atoms with Crippen molar-refractivity contribution in [3.63, 3.8) is 0 Å². The van der Waals surface area contributed by atoms with Crippen LogP contribution in [0.5, 0.6) is 0 Å². The van der Waals surface area contributed by atoms with Gasteiger partial charge in [-0.3, -0.25) is 0 Å². The highest BCUT2D eigenvalue weighted by atomic mass is 32.2. The van der Waals surface area contributed by atoms with Crippen LogP contribution in [-0.2, 0) is 0 Å². The Morgan fingerprint density at radius 3 is 2.89 bits per heavy atom. The molecular weight excluding hydrogens is 246 g/mol. The molecule has 0 unspecified atom stereocenters. The fraction of sp³-hybridized carbons (Fsp3) is 0.583. The Morgan fingerprint density at radius 2 is 2.33 bits per heavy atom. The normalized spacial score (nSPS) is 14.1. The van der Waals surface area contributed by atoms with Gasteiger partial charge in [0.25, 0.3) is 0 Å². The molecule has 6 heteroatoms. The van der Waals surface area contributed by atoms with Crippen LogP contribution in [0.2, 0.25) is 0 Å². The summed E-state index contributed by atoms with van der Waals surface area (Å²) in [5, 5.41) is 12.6. The Labute approximate surface area is 112 Å². The Bertz CT molecular complexity index is 430. The Morgan fingerprint density at radius 1 is 1.56 bits per heavy atom. The summed E-state index contributed by atoms with van der Waals surface area (Å²) in [5.41, 5.74) is 0. The fourth-order valence-corrected chi connectivity index (χ4v) is 2.19. The average molecular weight is 263 g/mol. The molecule has 1 fully saturated rings. The summed E-state index contributed by atoms with van der Waals surface area (Å²) in [5.74, 6) is 1.75. The topological polar surface area (TPSA) is 64.8 Å². The van der Waals surface area contributed by atoms with Gasteiger partial charge in [0.1, 0.15) is 11.6 Å². The summed E-state index contributed by atoms with van der Waals surface area (Å²) in [6, 6.07) is 4.70. The standard InChI is InChI=1S/C12H17N5S/c1-14-10-8-11(16-12(15-10)18-2)17(7-3-6-13)9-4-5-9/h8-9H,3-5,7H2,1-2H3,(H,14,15,16). The molecule has 0 aromatic carbocycles. The van der Waals surface area contributed by atoms with E-state index < -0.39 is 0 Å². The molecule has 0 amide bonds. The second-order valence-electron chi connectivity index (χ2n) is 4.18. The lowest BCUT2D eigenvalue weighted by Crippen LogP contribution is -2.28. The van der Waals surface area contributed by atoms with Crippen molar-refractivity contribution in [3.8, 4) is 6.07 Å². The number of hydrogen-bond acceptors (Lipinski definition) is 6. The summed E-state index contributed by atoms with van der Waals surface area (Å²) in [4.78, 5) is 11.1. The molecule has 1 aromatic rings. The largest absolute Gasteiger partial charge is 0.373 e. The Balaban J connectivity index is 2.25. The van der Waals surface area contributed by atoms with Gasteiger partial charge in [0.2, 0.25) is 0 Å². The molecule has 0 bridgehead atoms. The summed E-state index contributed by atoms with van der Waals surface area (Å²) in [7, 11) is 1.85. The average Bonchev–Trinajstić information content (AvgIpc) is 3.23. The van der Waals surface area contributed by atoms with Crippen molar-refractivity contribution in [3.05, 3.63) is 6.07 Å². The second-order valence-corrected chi connectivity index (χ2v) is 4.95. The highest BCUT2D eigenvalue weighted by molar-refractivity contribution is 7.98. The molecule has 1 aliphatic carbocycles. The maximum absolute atomic E-state index is 8.74. The third-order valence-electron chi connectivity index (χ3n) is 2.88. The van der Waals surface area contributed by atoms with Crippen LogP contribution < -0.4 is 10.2 Å². The zero-order valence-electron chi connectivity index (χ0n) is 10.7. The molecule has 96 valence electrons. The van der Waals surface area contributed by atoms with Gasteiger partial charge in [-0.25, -0.2) is 9.97 Å². The van der Waals surface area contributed by atoms with Crippen LogP contribution in [0.3, 0.4) is 0 Å². The third kappa shape index (κ3) is 3.05. The predicted octanol–water partition coefficient (Wildman–Crippen LogP) is 2.12. The summed E-state index contributed by atoms with van der Waals surface area (Å²) in [6.45, 7) is 0.745. The van der Waals surface area contributed by atoms with Gasteiger partial charge in [-0.1, -0.05) is 11.8 Å². The molecule has 0 spiro atoms. The first-order valence-electron chi connectivity index (χ1n) is 6.03. The van der Waals surface area contributed by atoms with Crippen molar-refractivity contribution < 1.29 is 0 Å². The van der Waals surface area contributed by atoms with Gasteiger partial charge in [0.15, 0.2) is 5.16 Å². The van der Waals surface area contributed by atoms with Crippen LogP contribution in [-0.4, -0.2) is 35.9 Å². The SMILES string of the molecule is CNc1cc(N(CCC#N)C2CC2)nc(SC)n1. The number of hydrogen-bond donors (Lipinski definition) is 1. The number of nitrogens with zero attached hydrogens (tertiary/aromatic N) is 4. The van der Waals surface area contributed by atoms with Crippen LogP contribution in [0, 0.1) is 11.3 Å². The maximum atomic E-state index is 8.74. The number of aromatic nitrogens is 2. The molecule has 0 atom stereocenters. The van der Waals surface area contributed by atoms with Gasteiger partial charge >= 0.3 is 0 Å². The van der Waals surface area contributed by atoms with Crippen molar-refractivity contribution in [1.82, 2.24) is 9.97 Å². The van der Waals surface area contributed by atoms with E-state index in [1.807, 2.05) is 19.4 Å². The molecule has 2 rings (SSSR count). The van der Waals surface area contributed by atoms with E-state index in [0.717, 1.165) is 23.3 Å². The number of nitriles is 1. The Hall–Kier alpha value is -1.48. The molecule has 1 heterocycles. The van der Waals surface area contributed by atoms with Crippen molar-refractivity contribution in [2.75, 3.05) is 30.1 Å². The van der Waals surface area contributed by atoms with Crippen LogP contribution in [0.15, 0.2) is 11.2 Å². The first kappa shape index (κ1) is 13.0. The van der Waals surface area contributed by atoms with Gasteiger partial charge in [0, 0.05) is 25.7 Å². The molecule has 1 aliphatic rings. The van der Waals surface area contributed by atoms with Gasteiger partial charge < -0.3 is 10.2 Å². The highest BCUT2D eigenvalue weighted by Gasteiger charge is 2.30. The number of thioether (sulfide) groups is 1. The number of anilines is 2. The van der Waals surface area contributed by atoms with Gasteiger partial charge in [-0.05, 0) is 19.1 Å². The minimum atomic E-state index is 0.532. The van der Waals surface area contributed by atoms with E-state index in [1.165, 1.54) is 24.6 Å². The van der Waals surface area contributed by atoms with E-state index in [0.29, 0.717) is 12.5 Å². The highest BCUT2D eigenvalue weighted by Crippen LogP contribution is 2.32. The van der Waals surface area contributed by atoms with Crippen molar-refractivity contribution in [1.29, 1.82) is 5.26 Å². The van der Waals surface area contributed by atoms with Crippen molar-refractivity contribution in [2.45, 2.75) is 30.5 Å². The summed E-state index contributed by atoms with van der Waals surface area (Å²) >= 11 is 1.53. The minimum Gasteiger partial charge on any atom is -0.373 e. The van der Waals surface area contributed by atoms with Crippen LogP contribution >= 0.6 is 11.8 Å². The number of rotatable bonds is 6. The zero-order valence-corrected chi connectivity index (χ0v) is 11.5. The van der Waals surface area contributed by atoms with E-state index in [2.05, 4.69) is 26.3 Å². The molecule has 18 heavy (non-hydrogen) atoms. The monoisotopic (exact) mass is 263 g/mol. The lowest BCUT2D eigenvalue weighted by atomic mass is 10.3. The van der Waals surface area contributed by atoms with Crippen LogP contribution in [0.1, 0.15) is 19.3 Å². The fourth-order valence-electron chi connectivity index (χ4n) is 1.82. The molecule has 0 radical (unpaired) electrons. The smallest absolute Gasteiger partial charge is 0.191 e. The molecule has 0 saturated heterocycles. The predicted molar refractivity (Wildman–Crippen MR) is 74.0 cm³/mol. The zero-order chi connectivity index (χ0) is 13.0.